The van der Waals surface area contributed by atoms with Crippen molar-refractivity contribution in [3.8, 4) is 0 Å². The maximum Gasteiger partial charge on any atom is 0.344 e. The molecule has 1 aliphatic carbocycles. The molecular weight excluding hydrogens is 408 g/mol. The van der Waals surface area contributed by atoms with Crippen LogP contribution >= 0.6 is 11.3 Å². The molecule has 3 N–H and O–H groups in total. The summed E-state index contributed by atoms with van der Waals surface area (Å²) in [5.74, 6) is -1.04. The van der Waals surface area contributed by atoms with E-state index >= 15 is 0 Å². The van der Waals surface area contributed by atoms with Gasteiger partial charge < -0.3 is 15.3 Å². The molecule has 10 heteroatoms. The molecule has 30 heavy (non-hydrogen) atoms. The van der Waals surface area contributed by atoms with Crippen molar-refractivity contribution < 1.29 is 24.3 Å². The normalized spacial score (nSPS) is 14.0. The van der Waals surface area contributed by atoms with E-state index in [-0.39, 0.29) is 11.7 Å². The number of oxime groups is 1. The number of urea groups is 1. The number of Topliss-reactive ketones (excluding diaryl/α,β-unsaturated/α-hetero) is 1. The first-order valence-corrected chi connectivity index (χ1v) is 10.3. The van der Waals surface area contributed by atoms with Gasteiger partial charge in [0.25, 0.3) is 0 Å². The van der Waals surface area contributed by atoms with Crippen molar-refractivity contribution in [3.05, 3.63) is 40.4 Å². The van der Waals surface area contributed by atoms with Crippen LogP contribution in [-0.2, 0) is 9.63 Å². The number of carbonyl (C=O) groups is 3. The molecule has 2 aromatic rings. The second kappa shape index (κ2) is 9.97. The SMILES string of the molecule is Cc1ccc(NC(=O)Nc2ncc(C=NOCC(=O)O)s2)c(C(=O)C2CCCC2)c1. The Morgan fingerprint density at radius 3 is 2.80 bits per heavy atom. The lowest BCUT2D eigenvalue weighted by molar-refractivity contribution is -0.142. The van der Waals surface area contributed by atoms with E-state index in [4.69, 9.17) is 5.11 Å². The molecule has 0 atom stereocenters. The van der Waals surface area contributed by atoms with E-state index in [0.717, 1.165) is 42.6 Å². The molecule has 1 fully saturated rings. The molecule has 0 bridgehead atoms. The van der Waals surface area contributed by atoms with Gasteiger partial charge in [-0.15, -0.1) is 0 Å². The van der Waals surface area contributed by atoms with Gasteiger partial charge in [-0.2, -0.15) is 0 Å². The van der Waals surface area contributed by atoms with Gasteiger partial charge in [-0.1, -0.05) is 41.0 Å². The van der Waals surface area contributed by atoms with E-state index in [1.54, 1.807) is 6.07 Å². The van der Waals surface area contributed by atoms with Crippen LogP contribution in [0.1, 0.15) is 46.5 Å². The fourth-order valence-corrected chi connectivity index (χ4v) is 3.89. The number of ketones is 1. The number of carboxylic acid groups (broad SMARTS) is 1. The quantitative estimate of drug-likeness (QED) is 0.331. The number of aryl methyl sites for hydroxylation is 1. The summed E-state index contributed by atoms with van der Waals surface area (Å²) in [4.78, 5) is 44.9. The first kappa shape index (κ1) is 21.4. The van der Waals surface area contributed by atoms with E-state index in [1.165, 1.54) is 12.4 Å². The Balaban J connectivity index is 1.62. The average molecular weight is 430 g/mol. The van der Waals surface area contributed by atoms with Crippen molar-refractivity contribution in [2.45, 2.75) is 32.6 Å². The Morgan fingerprint density at radius 2 is 2.07 bits per heavy atom. The van der Waals surface area contributed by atoms with Gasteiger partial charge in [0, 0.05) is 17.7 Å². The van der Waals surface area contributed by atoms with Gasteiger partial charge in [0.05, 0.1) is 16.8 Å². The van der Waals surface area contributed by atoms with Gasteiger partial charge in [-0.3, -0.25) is 10.1 Å². The predicted molar refractivity (Wildman–Crippen MR) is 113 cm³/mol. The zero-order chi connectivity index (χ0) is 21.5. The second-order valence-corrected chi connectivity index (χ2v) is 8.01. The minimum Gasteiger partial charge on any atom is -0.479 e. The Hall–Kier alpha value is -3.27. The highest BCUT2D eigenvalue weighted by molar-refractivity contribution is 7.17. The molecule has 2 amide bonds. The minimum absolute atomic E-state index is 0.0135. The molecule has 3 rings (SSSR count). The van der Waals surface area contributed by atoms with Gasteiger partial charge >= 0.3 is 12.0 Å². The highest BCUT2D eigenvalue weighted by Crippen LogP contribution is 2.31. The van der Waals surface area contributed by atoms with Gasteiger partial charge in [-0.25, -0.2) is 14.6 Å². The lowest BCUT2D eigenvalue weighted by Gasteiger charge is -2.14. The maximum atomic E-state index is 12.9. The molecule has 9 nitrogen and oxygen atoms in total. The summed E-state index contributed by atoms with van der Waals surface area (Å²) < 4.78 is 0. The zero-order valence-corrected chi connectivity index (χ0v) is 17.2. The van der Waals surface area contributed by atoms with Crippen LogP contribution in [-0.4, -0.2) is 40.7 Å². The fraction of sp³-hybridized carbons (Fsp3) is 0.350. The van der Waals surface area contributed by atoms with Crippen LogP contribution in [0.2, 0.25) is 0 Å². The van der Waals surface area contributed by atoms with Crippen molar-refractivity contribution in [2.24, 2.45) is 11.1 Å². The first-order chi connectivity index (χ1) is 14.4. The van der Waals surface area contributed by atoms with Crippen LogP contribution in [0, 0.1) is 12.8 Å². The Kier molecular flexibility index (Phi) is 7.12. The standard InChI is InChI=1S/C20H22N4O5S/c1-12-6-7-16(15(8-12)18(27)13-4-2-3-5-13)23-19(28)24-20-21-9-14(30-20)10-22-29-11-17(25)26/h6-10,13H,2-5,11H2,1H3,(H,25,26)(H2,21,23,24,28). The smallest absolute Gasteiger partial charge is 0.344 e. The Morgan fingerprint density at radius 1 is 1.30 bits per heavy atom. The number of amides is 2. The number of hydrogen-bond acceptors (Lipinski definition) is 7. The summed E-state index contributed by atoms with van der Waals surface area (Å²) >= 11 is 1.14. The van der Waals surface area contributed by atoms with Crippen molar-refractivity contribution in [2.75, 3.05) is 17.2 Å². The summed E-state index contributed by atoms with van der Waals surface area (Å²) in [6.45, 7) is 1.37. The molecule has 1 aromatic heterocycles. The third-order valence-electron chi connectivity index (χ3n) is 4.60. The highest BCUT2D eigenvalue weighted by Gasteiger charge is 2.26. The summed E-state index contributed by atoms with van der Waals surface area (Å²) in [5, 5.41) is 17.7. The molecule has 0 aliphatic heterocycles. The van der Waals surface area contributed by atoms with Crippen molar-refractivity contribution in [1.82, 2.24) is 4.98 Å². The fourth-order valence-electron chi connectivity index (χ4n) is 3.22. The van der Waals surface area contributed by atoms with Gasteiger partial charge in [0.1, 0.15) is 0 Å². The third-order valence-corrected chi connectivity index (χ3v) is 5.45. The lowest BCUT2D eigenvalue weighted by Crippen LogP contribution is -2.22. The van der Waals surface area contributed by atoms with Crippen molar-refractivity contribution >= 4 is 46.2 Å². The molecule has 1 aromatic carbocycles. The molecular formula is C20H22N4O5S. The molecule has 1 aliphatic rings. The van der Waals surface area contributed by atoms with Crippen LogP contribution < -0.4 is 10.6 Å². The number of anilines is 2. The predicted octanol–water partition coefficient (Wildman–Crippen LogP) is 3.90. The summed E-state index contributed by atoms with van der Waals surface area (Å²) in [7, 11) is 0. The molecule has 1 saturated carbocycles. The number of rotatable bonds is 8. The average Bonchev–Trinajstić information content (AvgIpc) is 3.38. The van der Waals surface area contributed by atoms with Gasteiger partial charge in [0.15, 0.2) is 10.9 Å². The molecule has 0 unspecified atom stereocenters. The number of thiazole rings is 1. The van der Waals surface area contributed by atoms with Gasteiger partial charge in [-0.05, 0) is 31.9 Å². The van der Waals surface area contributed by atoms with E-state index in [0.29, 0.717) is 21.3 Å². The van der Waals surface area contributed by atoms with Crippen LogP contribution in [0.3, 0.4) is 0 Å². The Labute approximate surface area is 177 Å². The molecule has 0 saturated heterocycles. The number of nitrogens with one attached hydrogen (secondary N) is 2. The van der Waals surface area contributed by atoms with Crippen LogP contribution in [0.15, 0.2) is 29.6 Å². The van der Waals surface area contributed by atoms with Crippen LogP contribution in [0.4, 0.5) is 15.6 Å². The van der Waals surface area contributed by atoms with E-state index in [9.17, 15) is 14.4 Å². The second-order valence-electron chi connectivity index (χ2n) is 6.94. The van der Waals surface area contributed by atoms with Crippen LogP contribution in [0.25, 0.3) is 0 Å². The van der Waals surface area contributed by atoms with E-state index < -0.39 is 18.6 Å². The number of aromatic nitrogens is 1. The monoisotopic (exact) mass is 430 g/mol. The number of hydrogen-bond donors (Lipinski definition) is 3. The molecule has 0 spiro atoms. The van der Waals surface area contributed by atoms with Crippen molar-refractivity contribution in [3.63, 3.8) is 0 Å². The molecule has 1 heterocycles. The zero-order valence-electron chi connectivity index (χ0n) is 16.4. The van der Waals surface area contributed by atoms with E-state index in [1.807, 2.05) is 19.1 Å². The molecule has 0 radical (unpaired) electrons. The molecule has 158 valence electrons. The van der Waals surface area contributed by atoms with Crippen LogP contribution in [0.5, 0.6) is 0 Å². The highest BCUT2D eigenvalue weighted by atomic mass is 32.1. The summed E-state index contributed by atoms with van der Waals surface area (Å²) in [6.07, 6.45) is 6.66. The minimum atomic E-state index is -1.13. The number of benzene rings is 1. The Bertz CT molecular complexity index is 966. The number of nitrogens with zero attached hydrogens (tertiary/aromatic N) is 2. The number of aliphatic carboxylic acids is 1. The first-order valence-electron chi connectivity index (χ1n) is 9.48. The largest absolute Gasteiger partial charge is 0.479 e. The number of carbonyl (C=O) groups excluding carboxylic acids is 2. The number of carboxylic acids is 1. The third kappa shape index (κ3) is 5.86. The maximum absolute atomic E-state index is 12.9. The topological polar surface area (TPSA) is 130 Å². The summed E-state index contributed by atoms with van der Waals surface area (Å²) in [5.41, 5.74) is 1.95. The van der Waals surface area contributed by atoms with Crippen molar-refractivity contribution in [1.29, 1.82) is 0 Å². The lowest BCUT2D eigenvalue weighted by atomic mass is 9.94. The summed E-state index contributed by atoms with van der Waals surface area (Å²) in [6, 6.07) is 4.87. The van der Waals surface area contributed by atoms with E-state index in [2.05, 4.69) is 25.6 Å². The van der Waals surface area contributed by atoms with Gasteiger partial charge in [0.2, 0.25) is 6.61 Å².